The molecule has 0 radical (unpaired) electrons. The summed E-state index contributed by atoms with van der Waals surface area (Å²) in [5.41, 5.74) is 1.53. The average molecular weight is 492 g/mol. The molecule has 0 unspecified atom stereocenters. The van der Waals surface area contributed by atoms with Crippen molar-refractivity contribution in [3.05, 3.63) is 82.3 Å². The summed E-state index contributed by atoms with van der Waals surface area (Å²) in [5, 5.41) is 0.701. The maximum atomic E-state index is 13.1. The Morgan fingerprint density at radius 1 is 0.969 bits per heavy atom. The molecule has 0 spiro atoms. The van der Waals surface area contributed by atoms with Gasteiger partial charge in [0.15, 0.2) is 0 Å². The van der Waals surface area contributed by atoms with Crippen molar-refractivity contribution < 1.29 is 17.4 Å². The minimum absolute atomic E-state index is 0.0375. The van der Waals surface area contributed by atoms with E-state index in [-0.39, 0.29) is 16.6 Å². The van der Waals surface area contributed by atoms with Gasteiger partial charge < -0.3 is 9.08 Å². The summed E-state index contributed by atoms with van der Waals surface area (Å²) in [5.74, 6) is -0.0975. The van der Waals surface area contributed by atoms with Crippen LogP contribution in [0.5, 0.6) is 5.75 Å². The maximum absolute atomic E-state index is 13.1. The maximum Gasteiger partial charge on any atom is 0.339 e. The van der Waals surface area contributed by atoms with Crippen LogP contribution in [0.25, 0.3) is 11.1 Å². The molecule has 0 aromatic heterocycles. The second-order valence-corrected chi connectivity index (χ2v) is 9.63. The normalized spacial score (nSPS) is 11.2. The van der Waals surface area contributed by atoms with E-state index in [2.05, 4.69) is 6.92 Å². The van der Waals surface area contributed by atoms with Gasteiger partial charge in [0.1, 0.15) is 10.6 Å². The van der Waals surface area contributed by atoms with Crippen molar-refractivity contribution in [1.82, 2.24) is 4.90 Å². The first kappa shape index (κ1) is 24.1. The predicted octanol–water partition coefficient (Wildman–Crippen LogP) is 6.30. The van der Waals surface area contributed by atoms with E-state index in [4.69, 9.17) is 27.4 Å². The quantitative estimate of drug-likeness (QED) is 0.346. The van der Waals surface area contributed by atoms with Gasteiger partial charge in [0, 0.05) is 19.2 Å². The number of nitrogens with zero attached hydrogens (tertiary/aromatic N) is 1. The van der Waals surface area contributed by atoms with Crippen LogP contribution < -0.4 is 4.18 Å². The molecule has 0 heterocycles. The van der Waals surface area contributed by atoms with Gasteiger partial charge in [-0.1, -0.05) is 60.8 Å². The highest BCUT2D eigenvalue weighted by atomic mass is 35.5. The van der Waals surface area contributed by atoms with E-state index in [1.807, 2.05) is 0 Å². The molecule has 0 fully saturated rings. The van der Waals surface area contributed by atoms with Crippen LogP contribution in [0.3, 0.4) is 0 Å². The van der Waals surface area contributed by atoms with Crippen LogP contribution in [0.2, 0.25) is 10.0 Å². The van der Waals surface area contributed by atoms with E-state index >= 15 is 0 Å². The van der Waals surface area contributed by atoms with Crippen LogP contribution in [0.4, 0.5) is 0 Å². The fourth-order valence-electron chi connectivity index (χ4n) is 3.13. The zero-order valence-electron chi connectivity index (χ0n) is 17.7. The monoisotopic (exact) mass is 491 g/mol. The van der Waals surface area contributed by atoms with Crippen molar-refractivity contribution in [2.45, 2.75) is 24.7 Å². The molecule has 0 saturated carbocycles. The molecule has 0 saturated heterocycles. The zero-order chi connectivity index (χ0) is 23.3. The number of amides is 1. The molecule has 0 bridgehead atoms. The molecule has 0 aliphatic rings. The number of benzene rings is 3. The largest absolute Gasteiger partial charge is 0.379 e. The van der Waals surface area contributed by atoms with Crippen molar-refractivity contribution in [3.8, 4) is 16.9 Å². The molecule has 0 atom stereocenters. The Labute approximate surface area is 198 Å². The molecule has 0 aliphatic heterocycles. The highest BCUT2D eigenvalue weighted by Crippen LogP contribution is 2.34. The minimum atomic E-state index is -4.03. The van der Waals surface area contributed by atoms with Gasteiger partial charge in [-0.2, -0.15) is 8.42 Å². The third kappa shape index (κ3) is 5.63. The Morgan fingerprint density at radius 3 is 2.34 bits per heavy atom. The van der Waals surface area contributed by atoms with E-state index in [0.29, 0.717) is 33.3 Å². The van der Waals surface area contributed by atoms with Gasteiger partial charge in [0.25, 0.3) is 5.91 Å². The first-order chi connectivity index (χ1) is 15.2. The van der Waals surface area contributed by atoms with Crippen LogP contribution in [0, 0.1) is 0 Å². The topological polar surface area (TPSA) is 63.7 Å². The lowest BCUT2D eigenvalue weighted by molar-refractivity contribution is 0.0794. The number of hydrogen-bond acceptors (Lipinski definition) is 4. The van der Waals surface area contributed by atoms with Gasteiger partial charge >= 0.3 is 10.1 Å². The van der Waals surface area contributed by atoms with Crippen molar-refractivity contribution in [2.24, 2.45) is 0 Å². The molecule has 3 aromatic carbocycles. The summed E-state index contributed by atoms with van der Waals surface area (Å²) in [6.07, 6.45) is 1.84. The van der Waals surface area contributed by atoms with Crippen LogP contribution in [-0.2, 0) is 10.1 Å². The Balaban J connectivity index is 2.05. The zero-order valence-corrected chi connectivity index (χ0v) is 20.0. The van der Waals surface area contributed by atoms with Crippen molar-refractivity contribution >= 4 is 39.2 Å². The van der Waals surface area contributed by atoms with E-state index in [1.165, 1.54) is 24.3 Å². The first-order valence-corrected chi connectivity index (χ1v) is 12.2. The Hall–Kier alpha value is -2.54. The smallest absolute Gasteiger partial charge is 0.339 e. The second-order valence-electron chi connectivity index (χ2n) is 7.27. The van der Waals surface area contributed by atoms with E-state index in [9.17, 15) is 13.2 Å². The lowest BCUT2D eigenvalue weighted by Crippen LogP contribution is -2.28. The van der Waals surface area contributed by atoms with Crippen LogP contribution in [-0.4, -0.2) is 32.8 Å². The van der Waals surface area contributed by atoms with Crippen LogP contribution in [0.1, 0.15) is 30.1 Å². The van der Waals surface area contributed by atoms with E-state index in [1.54, 1.807) is 54.4 Å². The molecule has 3 rings (SSSR count). The Morgan fingerprint density at radius 2 is 1.69 bits per heavy atom. The summed E-state index contributed by atoms with van der Waals surface area (Å²) < 4.78 is 30.7. The number of carbonyl (C=O) groups is 1. The second kappa shape index (κ2) is 10.4. The Bertz CT molecular complexity index is 1210. The Kier molecular flexibility index (Phi) is 7.82. The summed E-state index contributed by atoms with van der Waals surface area (Å²) >= 11 is 12.3. The molecular formula is C24H23Cl2NO4S. The highest BCUT2D eigenvalue weighted by molar-refractivity contribution is 7.87. The van der Waals surface area contributed by atoms with Gasteiger partial charge in [-0.05, 0) is 60.0 Å². The summed E-state index contributed by atoms with van der Waals surface area (Å²) in [6.45, 7) is 2.66. The minimum Gasteiger partial charge on any atom is -0.379 e. The highest BCUT2D eigenvalue weighted by Gasteiger charge is 2.21. The number of halogens is 2. The van der Waals surface area contributed by atoms with Gasteiger partial charge in [0.05, 0.1) is 10.0 Å². The third-order valence-corrected chi connectivity index (χ3v) is 6.88. The molecule has 3 aromatic rings. The molecule has 168 valence electrons. The third-order valence-electron chi connectivity index (χ3n) is 4.88. The molecule has 32 heavy (non-hydrogen) atoms. The molecule has 0 N–H and O–H groups in total. The molecule has 1 amide bonds. The molecular weight excluding hydrogens is 469 g/mol. The number of carbonyl (C=O) groups excluding carboxylic acids is 1. The van der Waals surface area contributed by atoms with Gasteiger partial charge in [-0.25, -0.2) is 0 Å². The molecule has 8 heteroatoms. The molecule has 0 aliphatic carbocycles. The summed E-state index contributed by atoms with van der Waals surface area (Å²) in [4.78, 5) is 14.8. The molecule has 5 nitrogen and oxygen atoms in total. The van der Waals surface area contributed by atoms with Crippen LogP contribution >= 0.6 is 23.2 Å². The van der Waals surface area contributed by atoms with Gasteiger partial charge in [0.2, 0.25) is 0 Å². The SMILES string of the molecule is CCCCN(C)C(=O)c1ccc(OS(=O)(=O)c2ccccc2)cc1-c1ccc(Cl)c(Cl)c1. The van der Waals surface area contributed by atoms with E-state index in [0.717, 1.165) is 12.8 Å². The number of rotatable bonds is 8. The fraction of sp³-hybridized carbons (Fsp3) is 0.208. The lowest BCUT2D eigenvalue weighted by Gasteiger charge is -2.20. The summed E-state index contributed by atoms with van der Waals surface area (Å²) in [7, 11) is -2.29. The summed E-state index contributed by atoms with van der Waals surface area (Å²) in [6, 6.07) is 17.4. The lowest BCUT2D eigenvalue weighted by atomic mass is 9.98. The fourth-order valence-corrected chi connectivity index (χ4v) is 4.37. The van der Waals surface area contributed by atoms with Gasteiger partial charge in [-0.15, -0.1) is 0 Å². The predicted molar refractivity (Wildman–Crippen MR) is 128 cm³/mol. The number of unbranched alkanes of at least 4 members (excludes halogenated alkanes) is 1. The van der Waals surface area contributed by atoms with Crippen LogP contribution in [0.15, 0.2) is 71.6 Å². The average Bonchev–Trinajstić information content (AvgIpc) is 2.79. The van der Waals surface area contributed by atoms with E-state index < -0.39 is 10.1 Å². The number of hydrogen-bond donors (Lipinski definition) is 0. The van der Waals surface area contributed by atoms with Crippen molar-refractivity contribution in [3.63, 3.8) is 0 Å². The van der Waals surface area contributed by atoms with Crippen molar-refractivity contribution in [1.29, 1.82) is 0 Å². The van der Waals surface area contributed by atoms with Gasteiger partial charge in [-0.3, -0.25) is 4.79 Å². The first-order valence-electron chi connectivity index (χ1n) is 10.1. The van der Waals surface area contributed by atoms with Crippen molar-refractivity contribution in [2.75, 3.05) is 13.6 Å². The standard InChI is InChI=1S/C24H23Cl2NO4S/c1-3-4-14-27(2)24(28)20-12-11-18(31-32(29,30)19-8-6-5-7-9-19)16-21(20)17-10-13-22(25)23(26)15-17/h5-13,15-16H,3-4,14H2,1-2H3.